The minimum absolute atomic E-state index is 0.0882. The summed E-state index contributed by atoms with van der Waals surface area (Å²) in [6.07, 6.45) is -10.5. The van der Waals surface area contributed by atoms with Gasteiger partial charge in [-0.1, -0.05) is 107 Å². The van der Waals surface area contributed by atoms with E-state index in [1.807, 2.05) is 35.0 Å². The molecule has 39 nitrogen and oxygen atoms in total. The Morgan fingerprint density at radius 1 is 0.672 bits per heavy atom. The molecular formula is C87H121Cl2N13O26. The number of primary amides is 1. The van der Waals surface area contributed by atoms with Gasteiger partial charge < -0.3 is 163 Å². The summed E-state index contributed by atoms with van der Waals surface area (Å²) >= 11 is 14.4. The topological polar surface area (TPSA) is 588 Å². The fraction of sp³-hybridized carbons (Fsp3) is 0.563. The number of aromatic hydroxyl groups is 3. The van der Waals surface area contributed by atoms with Gasteiger partial charge in [0.05, 0.1) is 99.8 Å². The number of ether oxygens (including phenoxy) is 8. The third-order valence-electron chi connectivity index (χ3n) is 22.9. The number of quaternary nitrogens is 1. The lowest BCUT2D eigenvalue weighted by atomic mass is 9.87. The number of phenolic OH excluding ortho intramolecular Hbond substituents is 3. The first-order chi connectivity index (χ1) is 60.8. The number of nitrogens with one attached hydrogen (secondary N) is 10. The first-order valence-electron chi connectivity index (χ1n) is 42.9. The molecule has 0 saturated carbocycles. The Labute approximate surface area is 750 Å². The number of nitrogens with two attached hydrogens (primary N) is 2. The van der Waals surface area contributed by atoms with Gasteiger partial charge >= 0.3 is 0 Å². The van der Waals surface area contributed by atoms with Crippen LogP contribution in [0.3, 0.4) is 0 Å². The molecule has 11 bridgehead atoms. The molecule has 7 amide bonds. The molecular weight excluding hydrogens is 1710 g/mol. The molecule has 5 aromatic rings. The molecule has 23 N–H and O–H groups in total. The van der Waals surface area contributed by atoms with Crippen LogP contribution < -0.4 is 84.0 Å². The summed E-state index contributed by atoms with van der Waals surface area (Å²) in [4.78, 5) is 120. The highest BCUT2D eigenvalue weighted by molar-refractivity contribution is 6.32. The average molecular weight is 1840 g/mol. The van der Waals surface area contributed by atoms with Crippen LogP contribution in [0.25, 0.3) is 11.1 Å². The number of hydrogen-bond acceptors (Lipinski definition) is 31. The van der Waals surface area contributed by atoms with Gasteiger partial charge in [-0.3, -0.25) is 33.6 Å². The van der Waals surface area contributed by atoms with Crippen molar-refractivity contribution in [1.29, 1.82) is 0 Å². The maximum absolute atomic E-state index is 16.4. The number of likely N-dealkylation sites (N-methyl/N-ethyl adjacent to an activating group) is 2. The highest BCUT2D eigenvalue weighted by Gasteiger charge is 2.53. The zero-order valence-corrected chi connectivity index (χ0v) is 74.2. The Morgan fingerprint density at radius 2 is 1.29 bits per heavy atom. The maximum Gasteiger partial charge on any atom is 0.248 e. The quantitative estimate of drug-likeness (QED) is 0.0194. The van der Waals surface area contributed by atoms with Crippen LogP contribution in [0.15, 0.2) is 72.8 Å². The number of fused-ring (bicyclic) bond motifs is 15. The first kappa shape index (κ1) is 101. The minimum Gasteiger partial charge on any atom is -0.548 e. The predicted molar refractivity (Wildman–Crippen MR) is 461 cm³/mol. The zero-order valence-electron chi connectivity index (χ0n) is 72.7. The fourth-order valence-corrected chi connectivity index (χ4v) is 16.1. The van der Waals surface area contributed by atoms with E-state index < -0.39 is 243 Å². The molecule has 0 radical (unpaired) electrons. The highest BCUT2D eigenvalue weighted by atomic mass is 35.5. The molecule has 7 aliphatic heterocycles. The summed E-state index contributed by atoms with van der Waals surface area (Å²) in [7, 11) is 7.53. The second-order valence-corrected chi connectivity index (χ2v) is 35.0. The number of benzene rings is 5. The van der Waals surface area contributed by atoms with Gasteiger partial charge in [0, 0.05) is 43.7 Å². The van der Waals surface area contributed by atoms with E-state index >= 15 is 24.0 Å². The number of carboxylic acids is 1. The Bertz CT molecular complexity index is 4710. The van der Waals surface area contributed by atoms with Crippen LogP contribution in [-0.2, 0) is 68.6 Å². The van der Waals surface area contributed by atoms with Crippen molar-refractivity contribution in [2.75, 3.05) is 93.9 Å². The Morgan fingerprint density at radius 3 is 1.91 bits per heavy atom. The molecule has 2 fully saturated rings. The summed E-state index contributed by atoms with van der Waals surface area (Å²) < 4.78 is 51.3. The zero-order chi connectivity index (χ0) is 93.2. The number of aliphatic hydroxyl groups excluding tert-OH is 6. The van der Waals surface area contributed by atoms with E-state index in [2.05, 4.69) is 60.1 Å². The number of amides is 7. The second-order valence-electron chi connectivity index (χ2n) is 34.2. The van der Waals surface area contributed by atoms with Crippen molar-refractivity contribution in [2.45, 2.75) is 214 Å². The van der Waals surface area contributed by atoms with Gasteiger partial charge in [-0.05, 0) is 122 Å². The van der Waals surface area contributed by atoms with Crippen molar-refractivity contribution in [3.05, 3.63) is 116 Å². The molecule has 7 aliphatic rings. The number of carbonyl (C=O) groups is 8. The van der Waals surface area contributed by atoms with E-state index in [1.165, 1.54) is 38.4 Å². The van der Waals surface area contributed by atoms with Crippen LogP contribution in [0, 0.1) is 5.92 Å². The monoisotopic (exact) mass is 1830 g/mol. The molecule has 0 unspecified atom stereocenters. The SMILES string of the molecule is CCCCCCCCCCNCCN[C@@]1(C)C[C@H](O[C@H]2[C@H](Oc3c4cc5cc3Oc3ccc(cc3Cl)[C@@H](O)[C@@H](NC(=O)[C@@H](CC(C)C)NC)C(=O)N[C@@H](CC(N)=O)C(=O)N[C@H]5C(=O)N[C@H]3C(=O)N[C@H](C(=O)N[C@H](C(=O)[O-])c5cc(O)c(CNCCOCCOCC[N+](C)(C)C)c(O)c5-c5cc3ccc5O)[C@H](O)c3ccc(c(Cl)c3)O4)O[C@H](CO)[C@@H](O)[C@@H]2O)O[C@@H](N)[C@H]1O. The number of hydrogen-bond donors (Lipinski definition) is 21. The van der Waals surface area contributed by atoms with E-state index in [0.717, 1.165) is 106 Å². The number of unbranched alkanes of at least 4 members (excludes halogenated alkanes) is 7. The van der Waals surface area contributed by atoms with Gasteiger partial charge in [-0.2, -0.15) is 0 Å². The van der Waals surface area contributed by atoms with Crippen LogP contribution >= 0.6 is 23.2 Å². The average Bonchev–Trinajstić information content (AvgIpc) is 0.732. The van der Waals surface area contributed by atoms with Crippen molar-refractivity contribution >= 4 is 70.5 Å². The van der Waals surface area contributed by atoms with Gasteiger partial charge in [0.2, 0.25) is 53.4 Å². The van der Waals surface area contributed by atoms with Crippen molar-refractivity contribution in [1.82, 2.24) is 53.2 Å². The van der Waals surface area contributed by atoms with Crippen molar-refractivity contribution < 1.29 is 132 Å². The Hall–Kier alpha value is -9.44. The number of phenols is 3. The van der Waals surface area contributed by atoms with E-state index in [1.54, 1.807) is 6.92 Å². The van der Waals surface area contributed by atoms with Crippen molar-refractivity contribution in [3.63, 3.8) is 0 Å². The lowest BCUT2D eigenvalue weighted by Crippen LogP contribution is -2.67. The summed E-state index contributed by atoms with van der Waals surface area (Å²) in [5, 5.41) is 148. The number of carbonyl (C=O) groups excluding carboxylic acids is 8. The van der Waals surface area contributed by atoms with Crippen LogP contribution in [0.4, 0.5) is 0 Å². The number of carboxylic acid groups (broad SMARTS) is 1. The van der Waals surface area contributed by atoms with E-state index in [-0.39, 0.29) is 79.1 Å². The van der Waals surface area contributed by atoms with E-state index in [4.69, 9.17) is 72.6 Å². The molecule has 0 aliphatic carbocycles. The number of halogens is 2. The lowest BCUT2D eigenvalue weighted by molar-refractivity contribution is -0.870. The van der Waals surface area contributed by atoms with Gasteiger partial charge in [0.1, 0.15) is 108 Å². The van der Waals surface area contributed by atoms with Gasteiger partial charge in [0.15, 0.2) is 23.9 Å². The third kappa shape index (κ3) is 25.8. The normalized spacial score (nSPS) is 25.9. The maximum atomic E-state index is 16.4. The second kappa shape index (κ2) is 45.9. The van der Waals surface area contributed by atoms with Gasteiger partial charge in [-0.15, -0.1) is 0 Å². The van der Waals surface area contributed by atoms with Crippen molar-refractivity contribution in [2.24, 2.45) is 17.4 Å². The van der Waals surface area contributed by atoms with E-state index in [0.29, 0.717) is 24.2 Å². The number of nitrogens with zero attached hydrogens (tertiary/aromatic N) is 1. The number of rotatable bonds is 37. The van der Waals surface area contributed by atoms with E-state index in [9.17, 15) is 65.4 Å². The molecule has 18 atom stereocenters. The predicted octanol–water partition coefficient (Wildman–Crippen LogP) is 0.858. The Balaban J connectivity index is 1.14. The molecule has 41 heteroatoms. The molecule has 128 heavy (non-hydrogen) atoms. The van der Waals surface area contributed by atoms with Gasteiger partial charge in [-0.25, -0.2) is 0 Å². The molecule has 0 aromatic heterocycles. The van der Waals surface area contributed by atoms with Crippen LogP contribution in [0.2, 0.25) is 10.0 Å². The van der Waals surface area contributed by atoms with Crippen LogP contribution in [-0.4, -0.2) is 271 Å². The minimum atomic E-state index is -2.43. The smallest absolute Gasteiger partial charge is 0.248 e. The summed E-state index contributed by atoms with van der Waals surface area (Å²) in [6.45, 7) is 9.52. The summed E-state index contributed by atoms with van der Waals surface area (Å²) in [5.74, 6) is -16.6. The molecule has 704 valence electrons. The number of aliphatic carboxylic acids is 1. The summed E-state index contributed by atoms with van der Waals surface area (Å²) in [6, 6.07) is -1.81. The molecule has 2 saturated heterocycles. The van der Waals surface area contributed by atoms with Crippen molar-refractivity contribution in [3.8, 4) is 57.1 Å². The summed E-state index contributed by atoms with van der Waals surface area (Å²) in [5.41, 5.74) is 7.63. The first-order valence-corrected chi connectivity index (χ1v) is 43.6. The molecule has 0 spiro atoms. The lowest BCUT2D eigenvalue weighted by Gasteiger charge is -2.48. The Kier molecular flexibility index (Phi) is 36.1. The van der Waals surface area contributed by atoms with Crippen LogP contribution in [0.1, 0.15) is 162 Å². The third-order valence-corrected chi connectivity index (χ3v) is 23.4. The number of aliphatic hydroxyl groups is 6. The molecule has 12 rings (SSSR count). The largest absolute Gasteiger partial charge is 0.548 e. The molecule has 7 heterocycles. The fourth-order valence-electron chi connectivity index (χ4n) is 15.6. The molecule has 5 aromatic carbocycles. The standard InChI is InChI=1S/C87H121Cl2N13O26/c1-9-10-11-12-13-14-15-16-23-93-24-25-95-87(4)40-63(127-78(91)77(87)112)126-76-74(111)73(110)61(42-103)125-86(76)128-75-59-36-47-37-60(75)124-58-22-19-46(35-52(58)89)71(108)69-84(118)99-67(85(119)120)49-38-56(105)50(41-94-26-28-121-30-31-122-29-27-102(6,7)8)72(109)64(49)48-33-44(17-20-55(48)104)65(81(115)101-69)98-82(116)66(47)97-80(114)54(39-62(90)106)96-83(117)68(100-79(113)53(92-5)32-43(2)3)70(107)45-18-21-57(123-59)51(88)34-45/h17-22,33-38,43,53-54,61,63,65-71,73-74,76-78,86,92-95,103,107-108,110-112H,9-16,23-32,39-42,91H2,1-8H3,(H11-,90,96,97,98,99,100,101,104,105,106,109,113,114,115,116,117,118,119,120)/t53-,54+,61-,63-,65-,66-,67+,68-,69+,70-,71-,73-,74+,76-,77-,78-,86+,87+/m1/s1. The highest BCUT2D eigenvalue weighted by Crippen LogP contribution is 2.51. The van der Waals surface area contributed by atoms with Crippen LogP contribution in [0.5, 0.6) is 46.0 Å². The van der Waals surface area contributed by atoms with Gasteiger partial charge in [0.25, 0.3) is 0 Å².